The minimum atomic E-state index is -4.56. The smallest absolute Gasteiger partial charge is 0.423 e. The summed E-state index contributed by atoms with van der Waals surface area (Å²) in [5.41, 5.74) is 6.86. The highest BCUT2D eigenvalue weighted by Gasteiger charge is 2.35. The summed E-state index contributed by atoms with van der Waals surface area (Å²) in [7, 11) is -4.56. The molecule has 0 fully saturated rings. The van der Waals surface area contributed by atoms with Crippen molar-refractivity contribution in [2.75, 3.05) is 0 Å². The highest BCUT2D eigenvalue weighted by molar-refractivity contribution is 7.89. The number of nitrogens with zero attached hydrogens (tertiary/aromatic N) is 3. The van der Waals surface area contributed by atoms with E-state index in [9.17, 15) is 22.4 Å². The van der Waals surface area contributed by atoms with Crippen LogP contribution in [0.15, 0.2) is 55.2 Å². The number of hydrogen-bond donors (Lipinski definition) is 3. The third-order valence-electron chi connectivity index (χ3n) is 5.83. The number of halogens is 1. The standard InChI is InChI=1S/C22H21FN6O6S/c1-10-4-7-15(23)17(11(10)2)12(3)18(21-27-28-22(31)35-21)29-36(32,33)16-8-13(20-26-25-9-34-20)5-6-14(16)19(24)30/h4-9,12,18,29H,1-3H3,(H2,24,30)(H,28,31)/t12-,18+/m1/s1. The Kier molecular flexibility index (Phi) is 6.56. The molecule has 2 atom stereocenters. The lowest BCUT2D eigenvalue weighted by Crippen LogP contribution is -2.34. The van der Waals surface area contributed by atoms with Gasteiger partial charge in [-0.2, -0.15) is 4.72 Å². The molecule has 0 saturated heterocycles. The maximum atomic E-state index is 14.9. The van der Waals surface area contributed by atoms with E-state index in [-0.39, 0.29) is 28.5 Å². The van der Waals surface area contributed by atoms with Crippen LogP contribution in [-0.4, -0.2) is 34.7 Å². The molecular weight excluding hydrogens is 495 g/mol. The molecule has 0 radical (unpaired) electrons. The van der Waals surface area contributed by atoms with Gasteiger partial charge in [-0.05, 0) is 54.8 Å². The van der Waals surface area contributed by atoms with E-state index in [0.29, 0.717) is 5.56 Å². The molecule has 36 heavy (non-hydrogen) atoms. The summed E-state index contributed by atoms with van der Waals surface area (Å²) in [4.78, 5) is 23.2. The van der Waals surface area contributed by atoms with E-state index >= 15 is 0 Å². The van der Waals surface area contributed by atoms with E-state index in [1.54, 1.807) is 26.8 Å². The summed E-state index contributed by atoms with van der Waals surface area (Å²) in [6, 6.07) is 5.24. The zero-order valence-electron chi connectivity index (χ0n) is 19.3. The number of carbonyl (C=O) groups is 1. The van der Waals surface area contributed by atoms with Gasteiger partial charge in [0.15, 0.2) is 0 Å². The van der Waals surface area contributed by atoms with Crippen LogP contribution in [0.5, 0.6) is 0 Å². The summed E-state index contributed by atoms with van der Waals surface area (Å²) in [5.74, 6) is -3.75. The Morgan fingerprint density at radius 3 is 2.58 bits per heavy atom. The molecule has 0 saturated carbocycles. The zero-order valence-corrected chi connectivity index (χ0v) is 20.1. The fraction of sp³-hybridized carbons (Fsp3) is 0.227. The summed E-state index contributed by atoms with van der Waals surface area (Å²) in [6.07, 6.45) is 1.06. The number of aryl methyl sites for hydroxylation is 1. The molecule has 4 aromatic rings. The topological polar surface area (TPSA) is 187 Å². The van der Waals surface area contributed by atoms with Gasteiger partial charge in [-0.3, -0.25) is 4.79 Å². The van der Waals surface area contributed by atoms with Gasteiger partial charge in [0.1, 0.15) is 11.9 Å². The van der Waals surface area contributed by atoms with Crippen molar-refractivity contribution in [2.24, 2.45) is 5.73 Å². The van der Waals surface area contributed by atoms with E-state index in [2.05, 4.69) is 25.1 Å². The monoisotopic (exact) mass is 516 g/mol. The maximum Gasteiger partial charge on any atom is 0.434 e. The van der Waals surface area contributed by atoms with Gasteiger partial charge in [-0.1, -0.05) is 13.0 Å². The summed E-state index contributed by atoms with van der Waals surface area (Å²) in [5, 5.41) is 13.1. The van der Waals surface area contributed by atoms with E-state index in [1.165, 1.54) is 18.2 Å². The lowest BCUT2D eigenvalue weighted by atomic mass is 9.88. The second-order valence-electron chi connectivity index (χ2n) is 8.06. The predicted octanol–water partition coefficient (Wildman–Crippen LogP) is 2.09. The fourth-order valence-electron chi connectivity index (χ4n) is 3.88. The molecule has 12 nitrogen and oxygen atoms in total. The molecule has 14 heteroatoms. The third-order valence-corrected chi connectivity index (χ3v) is 7.32. The molecule has 2 heterocycles. The molecule has 0 unspecified atom stereocenters. The van der Waals surface area contributed by atoms with Gasteiger partial charge in [0.05, 0.1) is 10.5 Å². The van der Waals surface area contributed by atoms with Gasteiger partial charge >= 0.3 is 5.76 Å². The Morgan fingerprint density at radius 2 is 1.97 bits per heavy atom. The second kappa shape index (κ2) is 9.47. The average Bonchev–Trinajstić information content (AvgIpc) is 3.52. The molecule has 4 N–H and O–H groups in total. The highest BCUT2D eigenvalue weighted by Crippen LogP contribution is 2.36. The number of benzene rings is 2. The van der Waals surface area contributed by atoms with Gasteiger partial charge in [-0.25, -0.2) is 22.7 Å². The van der Waals surface area contributed by atoms with Crippen molar-refractivity contribution in [1.82, 2.24) is 25.1 Å². The molecule has 0 bridgehead atoms. The lowest BCUT2D eigenvalue weighted by molar-refractivity contribution is 0.0997. The lowest BCUT2D eigenvalue weighted by Gasteiger charge is -2.25. The van der Waals surface area contributed by atoms with Crippen molar-refractivity contribution >= 4 is 15.9 Å². The van der Waals surface area contributed by atoms with Crippen LogP contribution in [0.25, 0.3) is 11.5 Å². The van der Waals surface area contributed by atoms with Gasteiger partial charge in [0.2, 0.25) is 34.1 Å². The molecule has 0 aliphatic carbocycles. The first-order chi connectivity index (χ1) is 17.0. The Morgan fingerprint density at radius 1 is 1.22 bits per heavy atom. The van der Waals surface area contributed by atoms with E-state index < -0.39 is 44.4 Å². The van der Waals surface area contributed by atoms with E-state index in [0.717, 1.165) is 18.0 Å². The number of carbonyl (C=O) groups excluding carboxylic acids is 1. The molecule has 0 spiro atoms. The number of H-pyrrole nitrogens is 1. The van der Waals surface area contributed by atoms with Gasteiger partial charge < -0.3 is 14.6 Å². The van der Waals surface area contributed by atoms with Crippen molar-refractivity contribution in [3.8, 4) is 11.5 Å². The third kappa shape index (κ3) is 4.67. The normalized spacial score (nSPS) is 13.4. The Bertz CT molecular complexity index is 1600. The van der Waals surface area contributed by atoms with Gasteiger partial charge in [0, 0.05) is 11.5 Å². The number of nitrogens with two attached hydrogens (primary N) is 1. The van der Waals surface area contributed by atoms with Crippen LogP contribution in [-0.2, 0) is 10.0 Å². The molecule has 2 aromatic carbocycles. The summed E-state index contributed by atoms with van der Waals surface area (Å²) in [6.45, 7) is 5.02. The van der Waals surface area contributed by atoms with Crippen molar-refractivity contribution in [3.63, 3.8) is 0 Å². The Labute approximate surface area is 203 Å². The first kappa shape index (κ1) is 24.9. The van der Waals surface area contributed by atoms with Crippen molar-refractivity contribution in [1.29, 1.82) is 0 Å². The van der Waals surface area contributed by atoms with E-state index in [1.807, 2.05) is 0 Å². The summed E-state index contributed by atoms with van der Waals surface area (Å²) >= 11 is 0. The minimum Gasteiger partial charge on any atom is -0.423 e. The van der Waals surface area contributed by atoms with Crippen LogP contribution in [0.1, 0.15) is 51.8 Å². The molecule has 4 rings (SSSR count). The molecular formula is C22H21FN6O6S. The van der Waals surface area contributed by atoms with Crippen LogP contribution in [0, 0.1) is 19.7 Å². The summed E-state index contributed by atoms with van der Waals surface area (Å²) < 4.78 is 54.7. The van der Waals surface area contributed by atoms with Crippen LogP contribution < -0.4 is 16.2 Å². The number of hydrogen-bond acceptors (Lipinski definition) is 9. The highest BCUT2D eigenvalue weighted by atomic mass is 32.2. The predicted molar refractivity (Wildman–Crippen MR) is 123 cm³/mol. The number of rotatable bonds is 8. The minimum absolute atomic E-state index is 0.00291. The van der Waals surface area contributed by atoms with Gasteiger partial charge in [-0.15, -0.1) is 15.3 Å². The quantitative estimate of drug-likeness (QED) is 0.315. The first-order valence-electron chi connectivity index (χ1n) is 10.5. The Hall–Kier alpha value is -4.17. The fourth-order valence-corrected chi connectivity index (χ4v) is 5.39. The van der Waals surface area contributed by atoms with E-state index in [4.69, 9.17) is 14.6 Å². The average molecular weight is 517 g/mol. The molecule has 188 valence electrons. The number of aromatic nitrogens is 4. The number of nitrogens with one attached hydrogen (secondary N) is 2. The SMILES string of the molecule is Cc1ccc(F)c([C@@H](C)[C@H](NS(=O)(=O)c2cc(-c3nnco3)ccc2C(N)=O)c2n[nH]c(=O)o2)c1C. The largest absolute Gasteiger partial charge is 0.434 e. The number of amides is 1. The molecule has 1 amide bonds. The first-order valence-corrected chi connectivity index (χ1v) is 12.0. The zero-order chi connectivity index (χ0) is 26.2. The van der Waals surface area contributed by atoms with Crippen LogP contribution in [0.3, 0.4) is 0 Å². The van der Waals surface area contributed by atoms with Crippen LogP contribution in [0.4, 0.5) is 4.39 Å². The van der Waals surface area contributed by atoms with Gasteiger partial charge in [0.25, 0.3) is 0 Å². The molecule has 0 aliphatic heterocycles. The number of aromatic amines is 1. The Balaban J connectivity index is 1.85. The van der Waals surface area contributed by atoms with Crippen LogP contribution >= 0.6 is 0 Å². The number of primary amides is 1. The number of sulfonamides is 1. The van der Waals surface area contributed by atoms with Crippen molar-refractivity contribution < 1.29 is 26.4 Å². The second-order valence-corrected chi connectivity index (χ2v) is 9.74. The maximum absolute atomic E-state index is 14.9. The van der Waals surface area contributed by atoms with Crippen LogP contribution in [0.2, 0.25) is 0 Å². The molecule has 0 aliphatic rings. The van der Waals surface area contributed by atoms with Crippen molar-refractivity contribution in [2.45, 2.75) is 37.6 Å². The molecule has 2 aromatic heterocycles. The van der Waals surface area contributed by atoms with Crippen molar-refractivity contribution in [3.05, 3.63) is 81.2 Å².